The summed E-state index contributed by atoms with van der Waals surface area (Å²) >= 11 is 11.7. The fourth-order valence-electron chi connectivity index (χ4n) is 1.72. The molecule has 0 aliphatic rings. The van der Waals surface area contributed by atoms with E-state index in [1.807, 2.05) is 25.1 Å². The van der Waals surface area contributed by atoms with Crippen LogP contribution in [0.2, 0.25) is 5.02 Å². The zero-order valence-corrected chi connectivity index (χ0v) is 15.6. The smallest absolute Gasteiger partial charge is 0.256 e. The summed E-state index contributed by atoms with van der Waals surface area (Å²) in [7, 11) is 0. The first-order chi connectivity index (χ1) is 10.0. The third-order valence-electron chi connectivity index (χ3n) is 2.66. The first-order valence-corrected chi connectivity index (χ1v) is 8.45. The first kappa shape index (κ1) is 16.6. The van der Waals surface area contributed by atoms with Crippen LogP contribution in [-0.2, 0) is 0 Å². The van der Waals surface area contributed by atoms with Gasteiger partial charge >= 0.3 is 0 Å². The van der Waals surface area contributed by atoms with E-state index in [1.165, 1.54) is 0 Å². The lowest BCUT2D eigenvalue weighted by molar-refractivity contribution is 0.102. The third kappa shape index (κ3) is 4.34. The number of halogens is 3. The lowest BCUT2D eigenvalue weighted by Gasteiger charge is -2.10. The number of hydrogen-bond acceptors (Lipinski definition) is 2. The molecule has 110 valence electrons. The van der Waals surface area contributed by atoms with Gasteiger partial charge in [0.1, 0.15) is 5.75 Å². The van der Waals surface area contributed by atoms with Gasteiger partial charge in [0.25, 0.3) is 5.91 Å². The number of nitrogens with one attached hydrogen (secondary N) is 1. The minimum absolute atomic E-state index is 0.194. The van der Waals surface area contributed by atoms with Crippen molar-refractivity contribution in [3.8, 4) is 5.75 Å². The summed E-state index contributed by atoms with van der Waals surface area (Å²) in [6.07, 6.45) is 0. The molecule has 0 aliphatic carbocycles. The summed E-state index contributed by atoms with van der Waals surface area (Å²) in [5.41, 5.74) is 1.20. The molecule has 1 N–H and O–H groups in total. The molecule has 0 heterocycles. The minimum atomic E-state index is -0.194. The summed E-state index contributed by atoms with van der Waals surface area (Å²) < 4.78 is 7.10. The molecule has 2 aromatic rings. The van der Waals surface area contributed by atoms with E-state index in [9.17, 15) is 4.79 Å². The summed E-state index contributed by atoms with van der Waals surface area (Å²) in [5.74, 6) is 0.410. The van der Waals surface area contributed by atoms with Crippen LogP contribution in [-0.4, -0.2) is 12.5 Å². The normalized spacial score (nSPS) is 10.3. The lowest BCUT2D eigenvalue weighted by atomic mass is 10.2. The van der Waals surface area contributed by atoms with Crippen molar-refractivity contribution in [1.82, 2.24) is 0 Å². The number of hydrogen-bond donors (Lipinski definition) is 1. The second-order valence-corrected chi connectivity index (χ2v) is 6.66. The Labute approximate surface area is 150 Å². The highest BCUT2D eigenvalue weighted by molar-refractivity contribution is 14.1. The van der Waals surface area contributed by atoms with Crippen molar-refractivity contribution in [2.75, 3.05) is 11.9 Å². The Morgan fingerprint density at radius 3 is 2.76 bits per heavy atom. The molecular weight excluding hydrogens is 468 g/mol. The Morgan fingerprint density at radius 1 is 1.33 bits per heavy atom. The highest BCUT2D eigenvalue weighted by Gasteiger charge is 2.12. The molecule has 0 saturated carbocycles. The Bertz CT molecular complexity index is 679. The molecule has 0 atom stereocenters. The quantitative estimate of drug-likeness (QED) is 0.599. The zero-order chi connectivity index (χ0) is 15.4. The van der Waals surface area contributed by atoms with Crippen LogP contribution in [0.4, 0.5) is 5.69 Å². The molecule has 0 unspecified atom stereocenters. The second kappa shape index (κ2) is 7.47. The Kier molecular flexibility index (Phi) is 5.89. The van der Waals surface area contributed by atoms with Gasteiger partial charge < -0.3 is 10.1 Å². The molecule has 2 aromatic carbocycles. The maximum absolute atomic E-state index is 12.3. The largest absolute Gasteiger partial charge is 0.492 e. The standard InChI is InChI=1S/C15H12BrClINO2/c1-2-21-14-6-4-10(8-13(14)17)19-15(20)11-7-9(18)3-5-12(11)16/h3-8H,2H2,1H3,(H,19,20). The molecule has 21 heavy (non-hydrogen) atoms. The number of amides is 1. The van der Waals surface area contributed by atoms with E-state index in [4.69, 9.17) is 16.3 Å². The summed E-state index contributed by atoms with van der Waals surface area (Å²) in [5, 5.41) is 3.29. The van der Waals surface area contributed by atoms with E-state index in [-0.39, 0.29) is 5.91 Å². The van der Waals surface area contributed by atoms with Crippen LogP contribution in [0.1, 0.15) is 17.3 Å². The first-order valence-electron chi connectivity index (χ1n) is 6.20. The van der Waals surface area contributed by atoms with Gasteiger partial charge in [-0.1, -0.05) is 11.6 Å². The summed E-state index contributed by atoms with van der Waals surface area (Å²) in [4.78, 5) is 12.3. The highest BCUT2D eigenvalue weighted by atomic mass is 127. The van der Waals surface area contributed by atoms with Crippen LogP contribution in [0.15, 0.2) is 40.9 Å². The Morgan fingerprint density at radius 2 is 2.10 bits per heavy atom. The molecule has 0 radical (unpaired) electrons. The van der Waals surface area contributed by atoms with Crippen molar-refractivity contribution < 1.29 is 9.53 Å². The van der Waals surface area contributed by atoms with Gasteiger partial charge in [-0.05, 0) is 81.8 Å². The maximum Gasteiger partial charge on any atom is 0.256 e. The highest BCUT2D eigenvalue weighted by Crippen LogP contribution is 2.28. The van der Waals surface area contributed by atoms with Gasteiger partial charge in [-0.2, -0.15) is 0 Å². The molecule has 0 aliphatic heterocycles. The zero-order valence-electron chi connectivity index (χ0n) is 11.1. The predicted octanol–water partition coefficient (Wildman–Crippen LogP) is 5.36. The van der Waals surface area contributed by atoms with Crippen molar-refractivity contribution in [2.24, 2.45) is 0 Å². The second-order valence-electron chi connectivity index (χ2n) is 4.16. The molecular formula is C15H12BrClINO2. The molecule has 1 amide bonds. The van der Waals surface area contributed by atoms with Crippen molar-refractivity contribution in [3.63, 3.8) is 0 Å². The molecule has 0 fully saturated rings. The SMILES string of the molecule is CCOc1ccc(NC(=O)c2cc(I)ccc2Br)cc1Cl. The van der Waals surface area contributed by atoms with E-state index in [1.54, 1.807) is 18.2 Å². The van der Waals surface area contributed by atoms with Crippen molar-refractivity contribution in [3.05, 3.63) is 55.0 Å². The van der Waals surface area contributed by atoms with Gasteiger partial charge in [0.2, 0.25) is 0 Å². The predicted molar refractivity (Wildman–Crippen MR) is 97.4 cm³/mol. The van der Waals surface area contributed by atoms with Gasteiger partial charge in [-0.15, -0.1) is 0 Å². The molecule has 0 spiro atoms. The van der Waals surface area contributed by atoms with Gasteiger partial charge in [0, 0.05) is 13.7 Å². The average Bonchev–Trinajstić information content (AvgIpc) is 2.44. The van der Waals surface area contributed by atoms with Crippen LogP contribution in [0.3, 0.4) is 0 Å². The Balaban J connectivity index is 2.19. The molecule has 3 nitrogen and oxygen atoms in total. The van der Waals surface area contributed by atoms with E-state index >= 15 is 0 Å². The van der Waals surface area contributed by atoms with Crippen LogP contribution in [0.5, 0.6) is 5.75 Å². The molecule has 2 rings (SSSR count). The number of anilines is 1. The molecule has 0 aromatic heterocycles. The van der Waals surface area contributed by atoms with E-state index in [0.717, 1.165) is 8.04 Å². The Hall–Kier alpha value is -0.790. The monoisotopic (exact) mass is 479 g/mol. The molecule has 0 bridgehead atoms. The fraction of sp³-hybridized carbons (Fsp3) is 0.133. The number of carbonyl (C=O) groups excluding carboxylic acids is 1. The number of benzene rings is 2. The van der Waals surface area contributed by atoms with Crippen LogP contribution >= 0.6 is 50.1 Å². The van der Waals surface area contributed by atoms with Crippen molar-refractivity contribution in [1.29, 1.82) is 0 Å². The number of rotatable bonds is 4. The fourth-order valence-corrected chi connectivity index (χ4v) is 2.87. The van der Waals surface area contributed by atoms with Gasteiger partial charge in [-0.3, -0.25) is 4.79 Å². The average molecular weight is 481 g/mol. The maximum atomic E-state index is 12.3. The van der Waals surface area contributed by atoms with Gasteiger partial charge in [-0.25, -0.2) is 0 Å². The molecule has 0 saturated heterocycles. The minimum Gasteiger partial charge on any atom is -0.492 e. The van der Waals surface area contributed by atoms with Gasteiger partial charge in [0.05, 0.1) is 17.2 Å². The van der Waals surface area contributed by atoms with Crippen molar-refractivity contribution in [2.45, 2.75) is 6.92 Å². The van der Waals surface area contributed by atoms with E-state index < -0.39 is 0 Å². The van der Waals surface area contributed by atoms with E-state index in [2.05, 4.69) is 43.8 Å². The lowest BCUT2D eigenvalue weighted by Crippen LogP contribution is -2.12. The topological polar surface area (TPSA) is 38.3 Å². The van der Waals surface area contributed by atoms with E-state index in [0.29, 0.717) is 28.6 Å². The third-order valence-corrected chi connectivity index (χ3v) is 4.32. The van der Waals surface area contributed by atoms with Crippen LogP contribution < -0.4 is 10.1 Å². The molecule has 6 heteroatoms. The van der Waals surface area contributed by atoms with Crippen molar-refractivity contribution >= 4 is 61.7 Å². The summed E-state index contributed by atoms with van der Waals surface area (Å²) in [6.45, 7) is 2.43. The van der Waals surface area contributed by atoms with Crippen LogP contribution in [0.25, 0.3) is 0 Å². The van der Waals surface area contributed by atoms with Crippen LogP contribution in [0, 0.1) is 3.57 Å². The number of ether oxygens (including phenoxy) is 1. The van der Waals surface area contributed by atoms with Gasteiger partial charge in [0.15, 0.2) is 0 Å². The summed E-state index contributed by atoms with van der Waals surface area (Å²) in [6, 6.07) is 10.8. The number of carbonyl (C=O) groups is 1.